The van der Waals surface area contributed by atoms with Crippen molar-refractivity contribution in [2.75, 3.05) is 11.9 Å². The molecule has 0 spiro atoms. The van der Waals surface area contributed by atoms with Crippen LogP contribution >= 0.6 is 11.8 Å². The van der Waals surface area contributed by atoms with Crippen molar-refractivity contribution in [3.05, 3.63) is 88.5 Å². The highest BCUT2D eigenvalue weighted by Crippen LogP contribution is 2.46. The van der Waals surface area contributed by atoms with Gasteiger partial charge in [-0.25, -0.2) is 19.0 Å². The van der Waals surface area contributed by atoms with E-state index in [-0.39, 0.29) is 41.1 Å². The van der Waals surface area contributed by atoms with Gasteiger partial charge in [0, 0.05) is 5.92 Å². The van der Waals surface area contributed by atoms with E-state index in [4.69, 9.17) is 9.47 Å². The number of esters is 2. The third kappa shape index (κ3) is 5.99. The number of fused-ring (bicyclic) bond motifs is 1. The Morgan fingerprint density at radius 3 is 2.32 bits per heavy atom. The standard InChI is InChI=1S/C28H26FN5O6S/c1-15(2)23(35)32-28-31-22-20(24(36)33-28)30-14-34(22)25-21(40-27(38)17-11-7-4-8-12-17)19(29)18(41-25)13-39-26(37)16-9-5-3-6-10-16/h3-12,14-15,18-19,21,25H,13H2,1-2H3,(H2,31,32,33,35,36)/t18-,19+,21+,25-/m1/s1. The molecule has 0 saturated carbocycles. The SMILES string of the molecule is CC(C)C(=O)Nc1nc2c(ncn2[C@@H]2S[C@H](COC(=O)c3ccccc3)[C@H](F)[C@@H]2OC(=O)c2ccccc2)c(=O)[nH]1. The molecule has 2 aromatic heterocycles. The Morgan fingerprint density at radius 1 is 1.05 bits per heavy atom. The molecule has 5 rings (SSSR count). The predicted octanol–water partition coefficient (Wildman–Crippen LogP) is 3.75. The number of benzene rings is 2. The molecule has 0 unspecified atom stereocenters. The van der Waals surface area contributed by atoms with Crippen LogP contribution in [0.15, 0.2) is 71.8 Å². The summed E-state index contributed by atoms with van der Waals surface area (Å²) >= 11 is 1.06. The molecule has 1 aliphatic rings. The molecule has 1 amide bonds. The lowest BCUT2D eigenvalue weighted by Gasteiger charge is -2.22. The van der Waals surface area contributed by atoms with Gasteiger partial charge >= 0.3 is 11.9 Å². The predicted molar refractivity (Wildman–Crippen MR) is 149 cm³/mol. The zero-order valence-electron chi connectivity index (χ0n) is 22.0. The number of carbonyl (C=O) groups is 3. The van der Waals surface area contributed by atoms with Crippen LogP contribution in [0.2, 0.25) is 0 Å². The molecule has 1 fully saturated rings. The van der Waals surface area contributed by atoms with Gasteiger partial charge in [-0.05, 0) is 24.3 Å². The second-order valence-electron chi connectivity index (χ2n) is 9.59. The Hall–Kier alpha value is -4.52. The fourth-order valence-electron chi connectivity index (χ4n) is 4.19. The minimum absolute atomic E-state index is 0.0457. The number of nitrogens with zero attached hydrogens (tertiary/aromatic N) is 3. The highest BCUT2D eigenvalue weighted by molar-refractivity contribution is 8.00. The minimum Gasteiger partial charge on any atom is -0.461 e. The minimum atomic E-state index is -1.75. The number of aromatic nitrogens is 4. The van der Waals surface area contributed by atoms with Crippen molar-refractivity contribution in [2.45, 2.75) is 36.7 Å². The number of imidazole rings is 1. The third-order valence-corrected chi connectivity index (χ3v) is 7.90. The van der Waals surface area contributed by atoms with E-state index in [1.54, 1.807) is 74.5 Å². The number of ether oxygens (including phenoxy) is 2. The molecule has 0 radical (unpaired) electrons. The summed E-state index contributed by atoms with van der Waals surface area (Å²) in [5.41, 5.74) is -0.0599. The van der Waals surface area contributed by atoms with Crippen LogP contribution in [0.5, 0.6) is 0 Å². The van der Waals surface area contributed by atoms with Crippen LogP contribution in [-0.4, -0.2) is 61.5 Å². The first kappa shape index (κ1) is 28.0. The molecule has 0 aliphatic carbocycles. The molecule has 2 aromatic carbocycles. The Labute approximate surface area is 237 Å². The van der Waals surface area contributed by atoms with Gasteiger partial charge in [0.15, 0.2) is 23.4 Å². The highest BCUT2D eigenvalue weighted by Gasteiger charge is 2.49. The van der Waals surface area contributed by atoms with Crippen LogP contribution in [-0.2, 0) is 14.3 Å². The molecular formula is C28H26FN5O6S. The average Bonchev–Trinajstić information content (AvgIpc) is 3.53. The van der Waals surface area contributed by atoms with Crippen LogP contribution in [0.25, 0.3) is 11.2 Å². The lowest BCUT2D eigenvalue weighted by atomic mass is 10.1. The van der Waals surface area contributed by atoms with Crippen molar-refractivity contribution in [1.82, 2.24) is 19.5 Å². The first-order valence-corrected chi connectivity index (χ1v) is 13.7. The molecule has 1 saturated heterocycles. The lowest BCUT2D eigenvalue weighted by Crippen LogP contribution is -2.35. The molecule has 212 valence electrons. The van der Waals surface area contributed by atoms with E-state index in [1.165, 1.54) is 10.9 Å². The van der Waals surface area contributed by atoms with Gasteiger partial charge in [-0.1, -0.05) is 50.2 Å². The number of aromatic amines is 1. The number of hydrogen-bond donors (Lipinski definition) is 2. The van der Waals surface area contributed by atoms with E-state index in [0.29, 0.717) is 5.56 Å². The van der Waals surface area contributed by atoms with Crippen LogP contribution in [0.3, 0.4) is 0 Å². The summed E-state index contributed by atoms with van der Waals surface area (Å²) in [6.45, 7) is 3.07. The second-order valence-corrected chi connectivity index (χ2v) is 11.0. The van der Waals surface area contributed by atoms with E-state index in [0.717, 1.165) is 11.8 Å². The van der Waals surface area contributed by atoms with E-state index < -0.39 is 40.4 Å². The topological polar surface area (TPSA) is 145 Å². The molecule has 13 heteroatoms. The van der Waals surface area contributed by atoms with Gasteiger partial charge < -0.3 is 9.47 Å². The van der Waals surface area contributed by atoms with Gasteiger partial charge in [-0.3, -0.25) is 24.5 Å². The summed E-state index contributed by atoms with van der Waals surface area (Å²) in [6, 6.07) is 16.4. The monoisotopic (exact) mass is 579 g/mol. The quantitative estimate of drug-likeness (QED) is 0.298. The number of hydrogen-bond acceptors (Lipinski definition) is 9. The van der Waals surface area contributed by atoms with Gasteiger partial charge in [0.05, 0.1) is 22.7 Å². The maximum Gasteiger partial charge on any atom is 0.338 e. The first-order chi connectivity index (χ1) is 19.7. The van der Waals surface area contributed by atoms with Crippen LogP contribution in [0.4, 0.5) is 10.3 Å². The normalized spacial score (nSPS) is 20.2. The number of thioether (sulfide) groups is 1. The van der Waals surface area contributed by atoms with Crippen molar-refractivity contribution in [3.63, 3.8) is 0 Å². The fraction of sp³-hybridized carbons (Fsp3) is 0.286. The number of H-pyrrole nitrogens is 1. The number of carbonyl (C=O) groups excluding carboxylic acids is 3. The zero-order chi connectivity index (χ0) is 29.1. The molecule has 41 heavy (non-hydrogen) atoms. The molecule has 11 nitrogen and oxygen atoms in total. The van der Waals surface area contributed by atoms with Gasteiger partial charge in [0.1, 0.15) is 12.0 Å². The maximum atomic E-state index is 16.0. The van der Waals surface area contributed by atoms with Crippen LogP contribution in [0, 0.1) is 5.92 Å². The fourth-order valence-corrected chi connectivity index (χ4v) is 5.65. The van der Waals surface area contributed by atoms with Crippen LogP contribution < -0.4 is 10.9 Å². The summed E-state index contributed by atoms with van der Waals surface area (Å²) in [5, 5.41) is 0.701. The summed E-state index contributed by atoms with van der Waals surface area (Å²) in [6.07, 6.45) is -1.80. The van der Waals surface area contributed by atoms with Crippen molar-refractivity contribution >= 4 is 46.7 Å². The first-order valence-electron chi connectivity index (χ1n) is 12.8. The van der Waals surface area contributed by atoms with Crippen molar-refractivity contribution in [2.24, 2.45) is 5.92 Å². The van der Waals surface area contributed by atoms with Gasteiger partial charge in [-0.2, -0.15) is 4.98 Å². The van der Waals surface area contributed by atoms with E-state index in [1.807, 2.05) is 0 Å². The van der Waals surface area contributed by atoms with Crippen molar-refractivity contribution < 1.29 is 28.2 Å². The molecular weight excluding hydrogens is 553 g/mol. The van der Waals surface area contributed by atoms with E-state index in [9.17, 15) is 19.2 Å². The van der Waals surface area contributed by atoms with Gasteiger partial charge in [-0.15, -0.1) is 11.8 Å². The number of rotatable bonds is 8. The molecule has 4 aromatic rings. The largest absolute Gasteiger partial charge is 0.461 e. The van der Waals surface area contributed by atoms with Crippen molar-refractivity contribution in [1.29, 1.82) is 0 Å². The number of alkyl halides is 1. The Bertz CT molecular complexity index is 1630. The number of amides is 1. The zero-order valence-corrected chi connectivity index (χ0v) is 22.8. The van der Waals surface area contributed by atoms with Crippen molar-refractivity contribution in [3.8, 4) is 0 Å². The molecule has 2 N–H and O–H groups in total. The summed E-state index contributed by atoms with van der Waals surface area (Å²) in [5.74, 6) is -2.21. The molecule has 0 bridgehead atoms. The number of anilines is 1. The number of halogens is 1. The van der Waals surface area contributed by atoms with Gasteiger partial charge in [0.2, 0.25) is 11.9 Å². The smallest absolute Gasteiger partial charge is 0.338 e. The molecule has 4 atom stereocenters. The Morgan fingerprint density at radius 2 is 1.68 bits per heavy atom. The summed E-state index contributed by atoms with van der Waals surface area (Å²) in [7, 11) is 0. The Balaban J connectivity index is 1.46. The Kier molecular flexibility index (Phi) is 8.15. The highest BCUT2D eigenvalue weighted by atomic mass is 32.2. The second kappa shape index (κ2) is 11.9. The van der Waals surface area contributed by atoms with E-state index in [2.05, 4.69) is 20.3 Å². The molecule has 1 aliphatic heterocycles. The number of nitrogens with one attached hydrogen (secondary N) is 2. The van der Waals surface area contributed by atoms with E-state index >= 15 is 4.39 Å². The lowest BCUT2D eigenvalue weighted by molar-refractivity contribution is -0.118. The summed E-state index contributed by atoms with van der Waals surface area (Å²) in [4.78, 5) is 61.4. The van der Waals surface area contributed by atoms with Gasteiger partial charge in [0.25, 0.3) is 5.56 Å². The summed E-state index contributed by atoms with van der Waals surface area (Å²) < 4.78 is 28.5. The van der Waals surface area contributed by atoms with Crippen LogP contribution in [0.1, 0.15) is 39.9 Å². The average molecular weight is 580 g/mol. The third-order valence-electron chi connectivity index (χ3n) is 6.38. The molecule has 3 heterocycles. The maximum absolute atomic E-state index is 16.0.